The van der Waals surface area contributed by atoms with Crippen molar-refractivity contribution in [1.29, 1.82) is 0 Å². The van der Waals surface area contributed by atoms with Gasteiger partial charge in [-0.3, -0.25) is 0 Å². The molecule has 0 fully saturated rings. The average Bonchev–Trinajstić information content (AvgIpc) is 1.84. The molecule has 0 radical (unpaired) electrons. The summed E-state index contributed by atoms with van der Waals surface area (Å²) in [6.45, 7) is 5.62. The van der Waals surface area contributed by atoms with Crippen molar-refractivity contribution in [2.24, 2.45) is 16.7 Å². The summed E-state index contributed by atoms with van der Waals surface area (Å²) in [5, 5.41) is 3.44. The molecule has 0 rings (SSSR count). The molecule has 0 heterocycles. The Labute approximate surface area is 55.4 Å². The minimum Gasteiger partial charge on any atom is -0.397 e. The maximum Gasteiger partial charge on any atom is 0.0797 e. The highest BCUT2D eigenvalue weighted by Crippen LogP contribution is 1.96. The first-order valence-corrected chi connectivity index (χ1v) is 2.77. The summed E-state index contributed by atoms with van der Waals surface area (Å²) in [5.41, 5.74) is 7.95. The van der Waals surface area contributed by atoms with Crippen LogP contribution in [0.5, 0.6) is 0 Å². The van der Waals surface area contributed by atoms with Crippen LogP contribution in [0.25, 0.3) is 0 Å². The van der Waals surface area contributed by atoms with Crippen molar-refractivity contribution in [3.05, 3.63) is 11.3 Å². The third-order valence-electron chi connectivity index (χ3n) is 1.12. The van der Waals surface area contributed by atoms with Crippen molar-refractivity contribution in [1.82, 2.24) is 0 Å². The fourth-order valence-electron chi connectivity index (χ4n) is 0.431. The van der Waals surface area contributed by atoms with Gasteiger partial charge in [0.05, 0.1) is 11.4 Å². The van der Waals surface area contributed by atoms with E-state index >= 15 is 0 Å². The molecule has 0 aliphatic carbocycles. The first-order chi connectivity index (χ1) is 4.09. The van der Waals surface area contributed by atoms with Crippen LogP contribution < -0.4 is 11.6 Å². The number of hydrazone groups is 1. The number of nitrogens with two attached hydrogens (primary N) is 2. The molecule has 0 aliphatic rings. The lowest BCUT2D eigenvalue weighted by atomic mass is 10.2. The van der Waals surface area contributed by atoms with E-state index < -0.39 is 0 Å². The topological polar surface area (TPSA) is 64.4 Å². The lowest BCUT2D eigenvalue weighted by Gasteiger charge is -1.99. The predicted molar refractivity (Wildman–Crippen MR) is 39.9 cm³/mol. The minimum atomic E-state index is 0.678. The molecular weight excluding hydrogens is 114 g/mol. The van der Waals surface area contributed by atoms with Crippen molar-refractivity contribution in [3.8, 4) is 0 Å². The normalized spacial score (nSPS) is 11.2. The van der Waals surface area contributed by atoms with E-state index in [9.17, 15) is 0 Å². The van der Waals surface area contributed by atoms with Crippen molar-refractivity contribution >= 4 is 5.71 Å². The van der Waals surface area contributed by atoms with Gasteiger partial charge in [0.2, 0.25) is 0 Å². The van der Waals surface area contributed by atoms with E-state index in [1.54, 1.807) is 6.92 Å². The van der Waals surface area contributed by atoms with Crippen LogP contribution in [-0.4, -0.2) is 5.71 Å². The molecular formula is C6H13N3. The fraction of sp³-hybridized carbons (Fsp3) is 0.500. The summed E-state index contributed by atoms with van der Waals surface area (Å²) < 4.78 is 0. The van der Waals surface area contributed by atoms with Gasteiger partial charge in [-0.2, -0.15) is 5.10 Å². The molecule has 0 unspecified atom stereocenters. The van der Waals surface area contributed by atoms with E-state index in [4.69, 9.17) is 11.6 Å². The second-order valence-corrected chi connectivity index (χ2v) is 2.13. The van der Waals surface area contributed by atoms with Gasteiger partial charge in [-0.1, -0.05) is 5.57 Å². The Morgan fingerprint density at radius 1 is 1.22 bits per heavy atom. The zero-order chi connectivity index (χ0) is 7.44. The monoisotopic (exact) mass is 127 g/mol. The number of allylic oxidation sites excluding steroid dienone is 2. The van der Waals surface area contributed by atoms with Gasteiger partial charge in [-0.25, -0.2) is 0 Å². The van der Waals surface area contributed by atoms with E-state index in [2.05, 4.69) is 5.10 Å². The number of hydrogen-bond donors (Lipinski definition) is 2. The molecule has 0 aromatic carbocycles. The van der Waals surface area contributed by atoms with Crippen LogP contribution in [0.2, 0.25) is 0 Å². The third-order valence-corrected chi connectivity index (χ3v) is 1.12. The molecule has 0 bridgehead atoms. The van der Waals surface area contributed by atoms with E-state index in [1.165, 1.54) is 0 Å². The molecule has 4 N–H and O–H groups in total. The maximum absolute atomic E-state index is 5.54. The Balaban J connectivity index is 4.40. The van der Waals surface area contributed by atoms with Gasteiger partial charge < -0.3 is 11.6 Å². The third kappa shape index (κ3) is 2.17. The highest BCUT2D eigenvalue weighted by Gasteiger charge is 1.94. The first-order valence-electron chi connectivity index (χ1n) is 2.77. The van der Waals surface area contributed by atoms with Crippen molar-refractivity contribution in [2.45, 2.75) is 20.8 Å². The van der Waals surface area contributed by atoms with Crippen LogP contribution in [0, 0.1) is 0 Å². The molecule has 3 nitrogen and oxygen atoms in total. The molecule has 0 saturated heterocycles. The lowest BCUT2D eigenvalue weighted by molar-refractivity contribution is 1.20. The van der Waals surface area contributed by atoms with E-state index in [-0.39, 0.29) is 0 Å². The molecule has 0 spiro atoms. The van der Waals surface area contributed by atoms with Crippen LogP contribution in [0.1, 0.15) is 20.8 Å². The van der Waals surface area contributed by atoms with Crippen LogP contribution in [-0.2, 0) is 0 Å². The average molecular weight is 127 g/mol. The molecule has 0 aliphatic heterocycles. The van der Waals surface area contributed by atoms with Gasteiger partial charge in [0, 0.05) is 0 Å². The molecule has 0 atom stereocenters. The van der Waals surface area contributed by atoms with Crippen molar-refractivity contribution in [3.63, 3.8) is 0 Å². The number of hydrogen-bond acceptors (Lipinski definition) is 3. The fourth-order valence-corrected chi connectivity index (χ4v) is 0.431. The van der Waals surface area contributed by atoms with Gasteiger partial charge in [0.25, 0.3) is 0 Å². The van der Waals surface area contributed by atoms with Crippen LogP contribution >= 0.6 is 0 Å². The molecule has 0 saturated carbocycles. The maximum atomic E-state index is 5.54. The summed E-state index contributed by atoms with van der Waals surface area (Å²) in [7, 11) is 0. The summed E-state index contributed by atoms with van der Waals surface area (Å²) in [5.74, 6) is 4.98. The van der Waals surface area contributed by atoms with Gasteiger partial charge >= 0.3 is 0 Å². The first kappa shape index (κ1) is 8.01. The summed E-state index contributed by atoms with van der Waals surface area (Å²) in [6.07, 6.45) is 0. The molecule has 52 valence electrons. The molecule has 3 heteroatoms. The number of rotatable bonds is 1. The lowest BCUT2D eigenvalue weighted by Crippen LogP contribution is -2.11. The molecule has 9 heavy (non-hydrogen) atoms. The van der Waals surface area contributed by atoms with Gasteiger partial charge in [-0.05, 0) is 20.8 Å². The Morgan fingerprint density at radius 3 is 1.78 bits per heavy atom. The van der Waals surface area contributed by atoms with Crippen molar-refractivity contribution < 1.29 is 0 Å². The second kappa shape index (κ2) is 3.12. The zero-order valence-corrected chi connectivity index (χ0v) is 6.10. The quantitative estimate of drug-likeness (QED) is 0.307. The second-order valence-electron chi connectivity index (χ2n) is 2.13. The van der Waals surface area contributed by atoms with Crippen LogP contribution in [0.15, 0.2) is 16.4 Å². The Bertz CT molecular complexity index is 152. The van der Waals surface area contributed by atoms with Gasteiger partial charge in [0.1, 0.15) is 0 Å². The summed E-state index contributed by atoms with van der Waals surface area (Å²) in [4.78, 5) is 0. The summed E-state index contributed by atoms with van der Waals surface area (Å²) >= 11 is 0. The summed E-state index contributed by atoms with van der Waals surface area (Å²) in [6, 6.07) is 0. The smallest absolute Gasteiger partial charge is 0.0797 e. The highest BCUT2D eigenvalue weighted by atomic mass is 15.1. The Hall–Kier alpha value is -0.990. The molecule has 0 aromatic rings. The van der Waals surface area contributed by atoms with Gasteiger partial charge in [-0.15, -0.1) is 0 Å². The minimum absolute atomic E-state index is 0.678. The van der Waals surface area contributed by atoms with Crippen molar-refractivity contribution in [2.75, 3.05) is 0 Å². The standard InChI is InChI=1S/C6H13N3/c1-4(2)6(7)5(3)9-8/h7-8H2,1-3H3/b9-5-. The largest absolute Gasteiger partial charge is 0.397 e. The Kier molecular flexibility index (Phi) is 2.78. The zero-order valence-electron chi connectivity index (χ0n) is 6.10. The van der Waals surface area contributed by atoms with Gasteiger partial charge in [0.15, 0.2) is 0 Å². The molecule has 0 aromatic heterocycles. The Morgan fingerprint density at radius 2 is 1.67 bits per heavy atom. The van der Waals surface area contributed by atoms with Crippen LogP contribution in [0.4, 0.5) is 0 Å². The number of nitrogens with zero attached hydrogens (tertiary/aromatic N) is 1. The SMILES string of the molecule is CC(C)=C(N)/C(C)=N\N. The van der Waals surface area contributed by atoms with Crippen LogP contribution in [0.3, 0.4) is 0 Å². The van der Waals surface area contributed by atoms with E-state index in [1.807, 2.05) is 13.8 Å². The van der Waals surface area contributed by atoms with E-state index in [0.717, 1.165) is 5.57 Å². The van der Waals surface area contributed by atoms with E-state index in [0.29, 0.717) is 11.4 Å². The highest BCUT2D eigenvalue weighted by molar-refractivity contribution is 5.97. The molecule has 0 amide bonds. The predicted octanol–water partition coefficient (Wildman–Crippen LogP) is 0.574.